The summed E-state index contributed by atoms with van der Waals surface area (Å²) in [6.07, 6.45) is -0.103. The summed E-state index contributed by atoms with van der Waals surface area (Å²) < 4.78 is 0. The van der Waals surface area contributed by atoms with Crippen LogP contribution in [0, 0.1) is 0 Å². The lowest BCUT2D eigenvalue weighted by atomic mass is 9.88. The lowest BCUT2D eigenvalue weighted by Gasteiger charge is -2.25. The molecule has 0 amide bonds. The Hall–Kier alpha value is -1.32. The molecule has 0 fully saturated rings. The second-order valence-electron chi connectivity index (χ2n) is 4.62. The highest BCUT2D eigenvalue weighted by Gasteiger charge is 2.37. The molecule has 0 radical (unpaired) electrons. The van der Waals surface area contributed by atoms with Gasteiger partial charge in [-0.1, -0.05) is 0 Å². The van der Waals surface area contributed by atoms with Crippen molar-refractivity contribution in [2.24, 2.45) is 11.5 Å². The van der Waals surface area contributed by atoms with Crippen molar-refractivity contribution >= 4 is 30.5 Å². The molecule has 0 spiro atoms. The molecular formula is C10H18N2O6S. The number of thiol groups is 1. The van der Waals surface area contributed by atoms with Gasteiger partial charge in [0.25, 0.3) is 0 Å². The van der Waals surface area contributed by atoms with Crippen molar-refractivity contribution in [3.8, 4) is 0 Å². The number of carbonyl (C=O) groups is 3. The molecule has 0 saturated heterocycles. The summed E-state index contributed by atoms with van der Waals surface area (Å²) in [6.45, 7) is 2.62. The maximum atomic E-state index is 11.5. The Bertz CT molecular complexity index is 369. The number of nitrogens with two attached hydrogens (primary N) is 2. The third-order valence-corrected chi connectivity index (χ3v) is 2.72. The van der Waals surface area contributed by atoms with Crippen LogP contribution in [0.1, 0.15) is 26.7 Å². The van der Waals surface area contributed by atoms with Crippen LogP contribution in [0.25, 0.3) is 0 Å². The summed E-state index contributed by atoms with van der Waals surface area (Å²) in [5.41, 5.74) is 8.14. The first-order valence-corrected chi connectivity index (χ1v) is 6.00. The van der Waals surface area contributed by atoms with Crippen molar-refractivity contribution in [1.82, 2.24) is 0 Å². The largest absolute Gasteiger partial charge is 0.480 e. The molecule has 0 aliphatic heterocycles. The monoisotopic (exact) mass is 294 g/mol. The van der Waals surface area contributed by atoms with Crippen LogP contribution in [0.4, 0.5) is 0 Å². The molecule has 0 aromatic carbocycles. The number of hydrogen-bond acceptors (Lipinski definition) is 8. The van der Waals surface area contributed by atoms with Gasteiger partial charge in [0.15, 0.2) is 0 Å². The average Bonchev–Trinajstić information content (AvgIpc) is 2.32. The van der Waals surface area contributed by atoms with E-state index in [1.165, 1.54) is 13.8 Å². The van der Waals surface area contributed by atoms with Gasteiger partial charge < -0.3 is 16.6 Å². The molecule has 110 valence electrons. The molecule has 0 heterocycles. The number of carbonyl (C=O) groups excluding carboxylic acids is 2. The van der Waals surface area contributed by atoms with Crippen LogP contribution in [0.15, 0.2) is 0 Å². The Morgan fingerprint density at radius 2 is 1.58 bits per heavy atom. The van der Waals surface area contributed by atoms with Crippen molar-refractivity contribution in [3.05, 3.63) is 0 Å². The molecule has 0 bridgehead atoms. The normalized spacial score (nSPS) is 16.9. The molecule has 0 aromatic rings. The van der Waals surface area contributed by atoms with Gasteiger partial charge in [0, 0.05) is 0 Å². The number of carboxylic acids is 1. The summed E-state index contributed by atoms with van der Waals surface area (Å²) >= 11 is 3.61. The van der Waals surface area contributed by atoms with Crippen LogP contribution in [-0.4, -0.2) is 39.8 Å². The number of carboxylic acid groups (broad SMARTS) is 1. The van der Waals surface area contributed by atoms with Crippen molar-refractivity contribution in [2.45, 2.75) is 37.8 Å². The Morgan fingerprint density at radius 3 is 2.00 bits per heavy atom. The van der Waals surface area contributed by atoms with Gasteiger partial charge in [0.1, 0.15) is 11.1 Å². The lowest BCUT2D eigenvalue weighted by Crippen LogP contribution is -2.51. The van der Waals surface area contributed by atoms with E-state index in [0.29, 0.717) is 0 Å². The highest BCUT2D eigenvalue weighted by Crippen LogP contribution is 2.18. The average molecular weight is 294 g/mol. The fraction of sp³-hybridized carbons (Fsp3) is 0.700. The minimum absolute atomic E-state index is 0.0506. The molecule has 9 heteroatoms. The zero-order valence-electron chi connectivity index (χ0n) is 10.7. The molecule has 0 aliphatic carbocycles. The molecule has 0 rings (SSSR count). The van der Waals surface area contributed by atoms with E-state index in [-0.39, 0.29) is 18.6 Å². The standard InChI is InChI=1S/C10H18N2O6S/c1-9(11,7(14)15)3-4-10(2,12)8(16)18-17-6(13)5-19/h19H,3-5,11-12H2,1-2H3,(H,14,15). The van der Waals surface area contributed by atoms with E-state index < -0.39 is 29.0 Å². The molecule has 8 nitrogen and oxygen atoms in total. The van der Waals surface area contributed by atoms with Crippen LogP contribution in [0.5, 0.6) is 0 Å². The summed E-state index contributed by atoms with van der Waals surface area (Å²) in [5, 5.41) is 8.82. The Morgan fingerprint density at radius 1 is 1.11 bits per heavy atom. The van der Waals surface area contributed by atoms with Gasteiger partial charge in [-0.3, -0.25) is 4.79 Å². The number of aliphatic carboxylic acids is 1. The highest BCUT2D eigenvalue weighted by molar-refractivity contribution is 7.81. The molecule has 19 heavy (non-hydrogen) atoms. The van der Waals surface area contributed by atoms with E-state index in [4.69, 9.17) is 16.6 Å². The molecule has 2 unspecified atom stereocenters. The van der Waals surface area contributed by atoms with E-state index in [2.05, 4.69) is 22.4 Å². The smallest absolute Gasteiger partial charge is 0.374 e. The second kappa shape index (κ2) is 6.73. The maximum absolute atomic E-state index is 11.5. The maximum Gasteiger partial charge on any atom is 0.374 e. The van der Waals surface area contributed by atoms with Gasteiger partial charge in [-0.05, 0) is 26.7 Å². The number of rotatable bonds is 6. The van der Waals surface area contributed by atoms with Crippen LogP contribution >= 0.6 is 12.6 Å². The van der Waals surface area contributed by atoms with Gasteiger partial charge in [-0.2, -0.15) is 12.6 Å². The second-order valence-corrected chi connectivity index (χ2v) is 4.94. The Kier molecular flexibility index (Phi) is 6.27. The predicted molar refractivity (Wildman–Crippen MR) is 68.1 cm³/mol. The first kappa shape index (κ1) is 17.7. The van der Waals surface area contributed by atoms with Gasteiger partial charge in [0.05, 0.1) is 5.75 Å². The zero-order chi connectivity index (χ0) is 15.3. The minimum Gasteiger partial charge on any atom is -0.480 e. The van der Waals surface area contributed by atoms with Crippen molar-refractivity contribution in [2.75, 3.05) is 5.75 Å². The fourth-order valence-corrected chi connectivity index (χ4v) is 0.987. The van der Waals surface area contributed by atoms with E-state index in [1.54, 1.807) is 0 Å². The molecular weight excluding hydrogens is 276 g/mol. The van der Waals surface area contributed by atoms with Gasteiger partial charge in [-0.15, -0.1) is 0 Å². The lowest BCUT2D eigenvalue weighted by molar-refractivity contribution is -0.260. The summed E-state index contributed by atoms with van der Waals surface area (Å²) in [7, 11) is 0. The SMILES string of the molecule is CC(N)(CCC(C)(N)C(=O)OOC(=O)CS)C(=O)O. The van der Waals surface area contributed by atoms with Crippen molar-refractivity contribution in [3.63, 3.8) is 0 Å². The first-order valence-electron chi connectivity index (χ1n) is 5.37. The summed E-state index contributed by atoms with van der Waals surface area (Å²) in [4.78, 5) is 41.4. The Balaban J connectivity index is 4.42. The fourth-order valence-electron chi connectivity index (χ4n) is 0.934. The van der Waals surface area contributed by atoms with Crippen LogP contribution in [0.3, 0.4) is 0 Å². The minimum atomic E-state index is -1.52. The molecule has 2 atom stereocenters. The third kappa shape index (κ3) is 5.90. The quantitative estimate of drug-likeness (QED) is 0.284. The predicted octanol–water partition coefficient (Wildman–Crippen LogP) is -0.783. The highest BCUT2D eigenvalue weighted by atomic mass is 32.1. The summed E-state index contributed by atoms with van der Waals surface area (Å²) in [5.74, 6) is -3.31. The van der Waals surface area contributed by atoms with E-state index in [1.807, 2.05) is 0 Å². The van der Waals surface area contributed by atoms with Crippen LogP contribution in [0.2, 0.25) is 0 Å². The molecule has 0 aromatic heterocycles. The first-order chi connectivity index (χ1) is 8.53. The zero-order valence-corrected chi connectivity index (χ0v) is 11.6. The number of hydrogen-bond donors (Lipinski definition) is 4. The van der Waals surface area contributed by atoms with Gasteiger partial charge >= 0.3 is 17.9 Å². The third-order valence-electron chi connectivity index (χ3n) is 2.46. The van der Waals surface area contributed by atoms with Crippen LogP contribution in [-0.2, 0) is 24.2 Å². The van der Waals surface area contributed by atoms with E-state index in [9.17, 15) is 14.4 Å². The Labute approximate surface area is 115 Å². The van der Waals surface area contributed by atoms with Crippen molar-refractivity contribution in [1.29, 1.82) is 0 Å². The topological polar surface area (TPSA) is 142 Å². The summed E-state index contributed by atoms with van der Waals surface area (Å²) in [6, 6.07) is 0. The molecule has 5 N–H and O–H groups in total. The van der Waals surface area contributed by atoms with E-state index >= 15 is 0 Å². The molecule has 0 saturated carbocycles. The molecule has 0 aliphatic rings. The van der Waals surface area contributed by atoms with Crippen molar-refractivity contribution < 1.29 is 29.3 Å². The van der Waals surface area contributed by atoms with Gasteiger partial charge in [0.2, 0.25) is 0 Å². The van der Waals surface area contributed by atoms with Gasteiger partial charge in [-0.25, -0.2) is 19.4 Å². The van der Waals surface area contributed by atoms with Crippen LogP contribution < -0.4 is 11.5 Å². The van der Waals surface area contributed by atoms with E-state index in [0.717, 1.165) is 0 Å².